The maximum Gasteiger partial charge on any atom is 0.180 e. The first-order valence-corrected chi connectivity index (χ1v) is 44.2. The van der Waals surface area contributed by atoms with Crippen molar-refractivity contribution in [3.63, 3.8) is 0 Å². The molecule has 20 rings (SSSR count). The highest BCUT2D eigenvalue weighted by Crippen LogP contribution is 2.36. The lowest BCUT2D eigenvalue weighted by Crippen LogP contribution is -2.36. The smallest absolute Gasteiger partial charge is 0.180 e. The van der Waals surface area contributed by atoms with Crippen molar-refractivity contribution in [3.05, 3.63) is 241 Å². The molecule has 18 aromatic rings. The van der Waals surface area contributed by atoms with E-state index in [2.05, 4.69) is 227 Å². The standard InChI is InChI=1S/C23H28N8OS.C22H23N9S.C22H20N8S.C19H24N8S.3CH4/c1-4-32-16(3)17-6-5-7-30(13-17)14-19-8-21(33-29-19)28-22-23-24-11-20(18-9-25-26-10-18)31(23)12-15(2)27-22;1-3-30(13-16-4-6-23-7-5-16)14-18-8-20(32-29-18)28-21-22-24-11-19(17-9-25-26-10-17)31(22)12-15(2)27-21;1-14-12-30-19(16-9-24-25-10-16)11-23-22(30)21(26-14)27-20-8-17(28-31-20)13-29-7-6-15-4-2-3-5-18(15)29;1-5-26(12(2)3)11-15-6-17(28-25-15)24-18-19-20-9-16(14-7-21-22-8-14)27(19)10-13(4)23-18;;;/h8-12,17H,3-7,13-14H2,1-2H3,(H,25,26)(H,27,28);4-12H,3,13-14H2,1-2H3,(H,25,26)(H,27,28);2-5,8-12H,6-7,13H2,1H3,(H,24,25)(H,26,27);6-10,12H,5,11H2,1-4H3,(H,21,22)(H,23,24);3*1H4. The molecule has 2 aliphatic rings. The molecule has 1 atom stereocenters. The predicted octanol–water partition coefficient (Wildman–Crippen LogP) is 18.4. The fourth-order valence-electron chi connectivity index (χ4n) is 15.3. The number of imidazole rings is 4. The van der Waals surface area contributed by atoms with Crippen LogP contribution in [-0.4, -0.2) is 181 Å². The van der Waals surface area contributed by atoms with Crippen LogP contribution in [0, 0.1) is 33.6 Å². The van der Waals surface area contributed by atoms with Crippen LogP contribution in [0.25, 0.3) is 67.6 Å². The van der Waals surface area contributed by atoms with Crippen molar-refractivity contribution in [2.75, 3.05) is 65.5 Å². The molecule has 0 aliphatic carbocycles. The van der Waals surface area contributed by atoms with Gasteiger partial charge in [-0.25, -0.2) is 39.9 Å². The van der Waals surface area contributed by atoms with Crippen molar-refractivity contribution < 1.29 is 4.74 Å². The molecule has 2 aliphatic heterocycles. The van der Waals surface area contributed by atoms with Gasteiger partial charge < -0.3 is 30.9 Å². The number of benzene rings is 1. The third-order valence-corrected chi connectivity index (χ3v) is 24.3. The Morgan fingerprint density at radius 3 is 1.31 bits per heavy atom. The first-order valence-electron chi connectivity index (χ1n) is 41.1. The van der Waals surface area contributed by atoms with Crippen LogP contribution >= 0.6 is 46.1 Å². The number of likely N-dealkylation sites (tertiary alicyclic amines) is 1. The number of hydrogen-bond acceptors (Lipinski definition) is 30. The van der Waals surface area contributed by atoms with Crippen molar-refractivity contribution >= 4 is 118 Å². The molecular weight excluding hydrogens is 1680 g/mol. The van der Waals surface area contributed by atoms with Crippen LogP contribution in [0.4, 0.5) is 49.0 Å². The molecule has 0 saturated carbocycles. The Morgan fingerprint density at radius 2 is 0.913 bits per heavy atom. The Hall–Kier alpha value is -13.4. The van der Waals surface area contributed by atoms with Crippen molar-refractivity contribution in [1.82, 2.24) is 135 Å². The van der Waals surface area contributed by atoms with Crippen molar-refractivity contribution in [2.24, 2.45) is 5.92 Å². The van der Waals surface area contributed by atoms with Crippen molar-refractivity contribution in [2.45, 2.75) is 143 Å². The van der Waals surface area contributed by atoms with Gasteiger partial charge in [0, 0.05) is 141 Å². The second-order valence-corrected chi connectivity index (χ2v) is 33.8. The van der Waals surface area contributed by atoms with Gasteiger partial charge in [0.05, 0.1) is 137 Å². The molecule has 127 heavy (non-hydrogen) atoms. The molecule has 17 aromatic heterocycles. The average Bonchev–Trinajstić information content (AvgIpc) is 1.65. The van der Waals surface area contributed by atoms with Gasteiger partial charge in [-0.3, -0.25) is 57.7 Å². The molecule has 1 saturated heterocycles. The van der Waals surface area contributed by atoms with E-state index in [0.29, 0.717) is 30.2 Å². The lowest BCUT2D eigenvalue weighted by Gasteiger charge is -2.32. The summed E-state index contributed by atoms with van der Waals surface area (Å²) in [5.74, 6) is 4.17. The molecule has 0 bridgehead atoms. The summed E-state index contributed by atoms with van der Waals surface area (Å²) in [4.78, 5) is 50.7. The molecule has 8 N–H and O–H groups in total. The van der Waals surface area contributed by atoms with Gasteiger partial charge >= 0.3 is 0 Å². The zero-order valence-electron chi connectivity index (χ0n) is 70.1. The van der Waals surface area contributed by atoms with Gasteiger partial charge in [-0.1, -0.05) is 60.9 Å². The van der Waals surface area contributed by atoms with Gasteiger partial charge in [-0.2, -0.15) is 37.9 Å². The van der Waals surface area contributed by atoms with Gasteiger partial charge in [-0.15, -0.1) is 0 Å². The van der Waals surface area contributed by atoms with Crippen LogP contribution in [0.1, 0.15) is 126 Å². The minimum Gasteiger partial charge on any atom is -0.499 e. The van der Waals surface area contributed by atoms with Crippen molar-refractivity contribution in [3.8, 4) is 45.0 Å². The minimum absolute atomic E-state index is 0. The summed E-state index contributed by atoms with van der Waals surface area (Å²) in [5.41, 5.74) is 22.6. The van der Waals surface area contributed by atoms with Crippen LogP contribution < -0.4 is 26.2 Å². The van der Waals surface area contributed by atoms with E-state index in [1.807, 2.05) is 151 Å². The average molecular weight is 1780 g/mol. The number of nitrogens with zero attached hydrogens (tertiary/aromatic N) is 25. The lowest BCUT2D eigenvalue weighted by molar-refractivity contribution is 0.122. The first kappa shape index (κ1) is 89.9. The number of aromatic amines is 4. The third kappa shape index (κ3) is 21.1. The summed E-state index contributed by atoms with van der Waals surface area (Å²) in [6.45, 7) is 32.6. The van der Waals surface area contributed by atoms with Crippen LogP contribution in [-0.2, 0) is 43.9 Å². The van der Waals surface area contributed by atoms with E-state index in [1.165, 1.54) is 62.9 Å². The number of H-pyrrole nitrogens is 4. The molecule has 0 radical (unpaired) electrons. The molecule has 1 unspecified atom stereocenters. The molecule has 34 nitrogen and oxygen atoms in total. The van der Waals surface area contributed by atoms with Gasteiger partial charge in [0.1, 0.15) is 20.0 Å². The van der Waals surface area contributed by atoms with E-state index in [1.54, 1.807) is 24.8 Å². The topological polar surface area (TPSA) is 370 Å². The number of anilines is 9. The Kier molecular flexibility index (Phi) is 29.1. The summed E-state index contributed by atoms with van der Waals surface area (Å²) >= 11 is 5.77. The van der Waals surface area contributed by atoms with E-state index >= 15 is 0 Å². The number of nitrogens with one attached hydrogen (secondary N) is 8. The van der Waals surface area contributed by atoms with Crippen LogP contribution in [0.2, 0.25) is 0 Å². The van der Waals surface area contributed by atoms with Gasteiger partial charge in [0.25, 0.3) is 0 Å². The maximum atomic E-state index is 5.66. The van der Waals surface area contributed by atoms with Gasteiger partial charge in [-0.05, 0) is 187 Å². The summed E-state index contributed by atoms with van der Waals surface area (Å²) in [7, 11) is 0. The Balaban J connectivity index is 0.000000136. The molecule has 0 spiro atoms. The fourth-order valence-corrected chi connectivity index (χ4v) is 17.9. The maximum absolute atomic E-state index is 5.66. The van der Waals surface area contributed by atoms with Crippen LogP contribution in [0.15, 0.2) is 185 Å². The zero-order chi connectivity index (χ0) is 85.2. The van der Waals surface area contributed by atoms with E-state index < -0.39 is 0 Å². The summed E-state index contributed by atoms with van der Waals surface area (Å²) in [5, 5.41) is 45.1. The second kappa shape index (κ2) is 41.2. The predicted molar refractivity (Wildman–Crippen MR) is 508 cm³/mol. The number of para-hydroxylation sites is 1. The van der Waals surface area contributed by atoms with E-state index in [9.17, 15) is 0 Å². The number of aromatic nitrogens is 25. The number of hydrogen-bond donors (Lipinski definition) is 8. The Bertz CT molecular complexity index is 6550. The number of piperidine rings is 1. The second-order valence-electron chi connectivity index (χ2n) is 30.5. The van der Waals surface area contributed by atoms with E-state index in [0.717, 1.165) is 235 Å². The molecule has 1 aromatic carbocycles. The van der Waals surface area contributed by atoms with E-state index in [4.69, 9.17) is 4.74 Å². The summed E-state index contributed by atoms with van der Waals surface area (Å²) < 4.78 is 32.4. The monoisotopic (exact) mass is 1780 g/mol. The molecule has 658 valence electrons. The molecule has 1 fully saturated rings. The highest BCUT2D eigenvalue weighted by atomic mass is 32.1. The highest BCUT2D eigenvalue weighted by molar-refractivity contribution is 7.11. The van der Waals surface area contributed by atoms with Crippen LogP contribution in [0.5, 0.6) is 0 Å². The Labute approximate surface area is 753 Å². The zero-order valence-corrected chi connectivity index (χ0v) is 73.4. The quantitative estimate of drug-likeness (QED) is 0.0211. The number of pyridine rings is 1. The van der Waals surface area contributed by atoms with Crippen LogP contribution in [0.3, 0.4) is 0 Å². The number of rotatable bonds is 28. The summed E-state index contributed by atoms with van der Waals surface area (Å²) in [6.07, 6.45) is 36.9. The Morgan fingerprint density at radius 1 is 0.504 bits per heavy atom. The third-order valence-electron chi connectivity index (χ3n) is 21.3. The molecule has 19 heterocycles. The first-order chi connectivity index (χ1) is 60.6. The normalized spacial score (nSPS) is 13.1. The van der Waals surface area contributed by atoms with E-state index in [-0.39, 0.29) is 22.3 Å². The minimum atomic E-state index is 0. The van der Waals surface area contributed by atoms with Gasteiger partial charge in [0.15, 0.2) is 45.9 Å². The number of aryl methyl sites for hydroxylation is 4. The largest absolute Gasteiger partial charge is 0.499 e. The molecule has 38 heteroatoms. The van der Waals surface area contributed by atoms with Crippen molar-refractivity contribution in [1.29, 1.82) is 0 Å². The number of fused-ring (bicyclic) bond motifs is 5. The highest BCUT2D eigenvalue weighted by Gasteiger charge is 2.27. The molecule has 0 amide bonds. The summed E-state index contributed by atoms with van der Waals surface area (Å²) in [6, 6.07) is 21.6. The lowest BCUT2D eigenvalue weighted by atomic mass is 9.96. The number of ether oxygens (including phenoxy) is 1. The fraction of sp³-hybridized carbons (Fsp3) is 0.315. The molecular formula is C89H107N33OS4. The van der Waals surface area contributed by atoms with Gasteiger partial charge in [0.2, 0.25) is 0 Å². The SMILES string of the molecule is C.C.C.C=C(OCC)C1CCCN(Cc2cc(Nc3nc(C)cn4c(-c5cn[nH]c5)cnc34)sn2)C1.CCN(Cc1cc(Nc2nc(C)cn3c(-c4cn[nH]c4)cnc23)sn1)C(C)C.CCN(Cc1ccncc1)Cc1cc(Nc2nc(C)cn3c(-c4cn[nH]c4)cnc23)sn1.Cc1cn2c(-c3cn[nH]c3)cnc2c(Nc2cc(CN3CCc4ccccc43)ns2)n1.